The Morgan fingerprint density at radius 2 is 2.12 bits per heavy atom. The molecule has 0 radical (unpaired) electrons. The van der Waals surface area contributed by atoms with Crippen LogP contribution in [-0.2, 0) is 0 Å². The Balaban J connectivity index is 1.93. The number of hydrogen-bond acceptors (Lipinski definition) is 3. The maximum Gasteiger partial charge on any atom is 0.149 e. The molecule has 0 amide bonds. The van der Waals surface area contributed by atoms with Crippen LogP contribution in [0.25, 0.3) is 0 Å². The number of rotatable bonds is 4. The fourth-order valence-electron chi connectivity index (χ4n) is 2.40. The molecule has 1 aliphatic rings. The molecule has 3 nitrogen and oxygen atoms in total. The number of anilines is 2. The molecule has 0 unspecified atom stereocenters. The number of pyridine rings is 1. The van der Waals surface area contributed by atoms with E-state index in [1.54, 1.807) is 0 Å². The summed E-state index contributed by atoms with van der Waals surface area (Å²) in [6.45, 7) is 1.04. The Bertz CT molecular complexity index is 362. The predicted molar refractivity (Wildman–Crippen MR) is 76.5 cm³/mol. The average molecular weight is 298 g/mol. The first-order valence-electron chi connectivity index (χ1n) is 6.37. The van der Waals surface area contributed by atoms with Crippen molar-refractivity contribution in [1.29, 1.82) is 0 Å². The van der Waals surface area contributed by atoms with Gasteiger partial charge < -0.3 is 10.6 Å². The molecule has 1 aromatic rings. The second kappa shape index (κ2) is 6.24. The highest BCUT2D eigenvalue weighted by Gasteiger charge is 2.13. The lowest BCUT2D eigenvalue weighted by Crippen LogP contribution is -2.18. The van der Waals surface area contributed by atoms with Crippen molar-refractivity contribution in [1.82, 2.24) is 4.98 Å². The van der Waals surface area contributed by atoms with Crippen molar-refractivity contribution >= 4 is 27.4 Å². The minimum absolute atomic E-state index is 0.818. The van der Waals surface area contributed by atoms with Gasteiger partial charge in [0.05, 0.1) is 5.69 Å². The van der Waals surface area contributed by atoms with Crippen LogP contribution in [0.1, 0.15) is 32.1 Å². The minimum Gasteiger partial charge on any atom is -0.385 e. The topological polar surface area (TPSA) is 37.0 Å². The van der Waals surface area contributed by atoms with Crippen LogP contribution in [0.5, 0.6) is 0 Å². The van der Waals surface area contributed by atoms with Gasteiger partial charge in [-0.05, 0) is 40.8 Å². The molecular weight excluding hydrogens is 278 g/mol. The molecule has 17 heavy (non-hydrogen) atoms. The van der Waals surface area contributed by atoms with Gasteiger partial charge in [-0.2, -0.15) is 0 Å². The first-order chi connectivity index (χ1) is 8.29. The van der Waals surface area contributed by atoms with Gasteiger partial charge in [0.2, 0.25) is 0 Å². The Kier molecular flexibility index (Phi) is 4.66. The summed E-state index contributed by atoms with van der Waals surface area (Å²) in [6.07, 6.45) is 8.74. The van der Waals surface area contributed by atoms with Crippen LogP contribution >= 0.6 is 15.9 Å². The molecule has 1 fully saturated rings. The van der Waals surface area contributed by atoms with E-state index >= 15 is 0 Å². The van der Waals surface area contributed by atoms with E-state index in [4.69, 9.17) is 0 Å². The Labute approximate surface area is 112 Å². The molecule has 2 N–H and O–H groups in total. The van der Waals surface area contributed by atoms with Crippen molar-refractivity contribution in [2.75, 3.05) is 24.2 Å². The number of aromatic nitrogens is 1. The van der Waals surface area contributed by atoms with Gasteiger partial charge in [-0.25, -0.2) is 4.98 Å². The first kappa shape index (κ1) is 12.7. The quantitative estimate of drug-likeness (QED) is 0.886. The second-order valence-corrected chi connectivity index (χ2v) is 5.60. The maximum atomic E-state index is 4.41. The number of nitrogens with zero attached hydrogens (tertiary/aromatic N) is 1. The number of hydrogen-bond donors (Lipinski definition) is 2. The lowest BCUT2D eigenvalue weighted by molar-refractivity contribution is 0.373. The second-order valence-electron chi connectivity index (χ2n) is 4.68. The molecule has 0 atom stereocenters. The molecule has 94 valence electrons. The van der Waals surface area contributed by atoms with E-state index in [0.717, 1.165) is 28.4 Å². The van der Waals surface area contributed by atoms with Crippen LogP contribution in [-0.4, -0.2) is 18.6 Å². The molecule has 0 aliphatic heterocycles. The average Bonchev–Trinajstić information content (AvgIpc) is 2.38. The lowest BCUT2D eigenvalue weighted by atomic mass is 9.89. The number of nitrogens with one attached hydrogen (secondary N) is 2. The van der Waals surface area contributed by atoms with Gasteiger partial charge in [0.15, 0.2) is 0 Å². The van der Waals surface area contributed by atoms with E-state index in [2.05, 4.69) is 37.6 Å². The third kappa shape index (κ3) is 3.60. The summed E-state index contributed by atoms with van der Waals surface area (Å²) in [5.41, 5.74) is 1.05. The molecule has 1 saturated carbocycles. The molecule has 0 bridgehead atoms. The first-order valence-corrected chi connectivity index (χ1v) is 7.16. The van der Waals surface area contributed by atoms with Gasteiger partial charge in [0.1, 0.15) is 5.82 Å². The molecule has 0 saturated heterocycles. The highest BCUT2D eigenvalue weighted by atomic mass is 79.9. The van der Waals surface area contributed by atoms with Crippen molar-refractivity contribution < 1.29 is 0 Å². The van der Waals surface area contributed by atoms with Gasteiger partial charge in [-0.15, -0.1) is 0 Å². The summed E-state index contributed by atoms with van der Waals surface area (Å²) < 4.78 is 1.00. The maximum absolute atomic E-state index is 4.41. The van der Waals surface area contributed by atoms with E-state index < -0.39 is 0 Å². The van der Waals surface area contributed by atoms with E-state index in [0.29, 0.717) is 0 Å². The molecule has 1 heterocycles. The van der Waals surface area contributed by atoms with E-state index in [1.165, 1.54) is 32.1 Å². The molecular formula is C13H20BrN3. The summed E-state index contributed by atoms with van der Waals surface area (Å²) in [4.78, 5) is 4.41. The fourth-order valence-corrected chi connectivity index (χ4v) is 2.73. The third-order valence-electron chi connectivity index (χ3n) is 3.41. The number of halogens is 1. The summed E-state index contributed by atoms with van der Waals surface area (Å²) in [6, 6.07) is 2.05. The van der Waals surface area contributed by atoms with Crippen LogP contribution in [0.2, 0.25) is 0 Å². The molecule has 0 spiro atoms. The summed E-state index contributed by atoms with van der Waals surface area (Å²) in [5, 5.41) is 6.64. The van der Waals surface area contributed by atoms with Crippen LogP contribution in [0, 0.1) is 5.92 Å². The predicted octanol–water partition coefficient (Wildman–Crippen LogP) is 3.88. The highest BCUT2D eigenvalue weighted by Crippen LogP contribution is 2.26. The summed E-state index contributed by atoms with van der Waals surface area (Å²) in [7, 11) is 1.93. The lowest BCUT2D eigenvalue weighted by Gasteiger charge is -2.22. The monoisotopic (exact) mass is 297 g/mol. The normalized spacial score (nSPS) is 16.8. The zero-order chi connectivity index (χ0) is 12.1. The van der Waals surface area contributed by atoms with E-state index in [-0.39, 0.29) is 0 Å². The Morgan fingerprint density at radius 3 is 2.82 bits per heavy atom. The largest absolute Gasteiger partial charge is 0.385 e. The molecule has 0 aromatic carbocycles. The van der Waals surface area contributed by atoms with E-state index in [1.807, 2.05) is 13.2 Å². The molecule has 1 aromatic heterocycles. The van der Waals surface area contributed by atoms with Gasteiger partial charge in [0.25, 0.3) is 0 Å². The zero-order valence-corrected chi connectivity index (χ0v) is 11.9. The molecule has 2 rings (SSSR count). The Hall–Kier alpha value is -0.770. The van der Waals surface area contributed by atoms with Crippen molar-refractivity contribution in [3.8, 4) is 0 Å². The molecule has 4 heteroatoms. The van der Waals surface area contributed by atoms with Gasteiger partial charge >= 0.3 is 0 Å². The van der Waals surface area contributed by atoms with Crippen LogP contribution in [0.4, 0.5) is 11.5 Å². The SMILES string of the molecule is CNc1cc(Br)cnc1NCC1CCCCC1. The van der Waals surface area contributed by atoms with Gasteiger partial charge in [-0.1, -0.05) is 19.3 Å². The molecule has 1 aliphatic carbocycles. The van der Waals surface area contributed by atoms with Crippen molar-refractivity contribution in [3.63, 3.8) is 0 Å². The summed E-state index contributed by atoms with van der Waals surface area (Å²) >= 11 is 3.43. The van der Waals surface area contributed by atoms with Crippen LogP contribution in [0.15, 0.2) is 16.7 Å². The van der Waals surface area contributed by atoms with E-state index in [9.17, 15) is 0 Å². The van der Waals surface area contributed by atoms with Crippen molar-refractivity contribution in [2.24, 2.45) is 5.92 Å². The Morgan fingerprint density at radius 1 is 1.35 bits per heavy atom. The third-order valence-corrected chi connectivity index (χ3v) is 3.84. The minimum atomic E-state index is 0.818. The van der Waals surface area contributed by atoms with Crippen LogP contribution in [0.3, 0.4) is 0 Å². The zero-order valence-electron chi connectivity index (χ0n) is 10.3. The van der Waals surface area contributed by atoms with Gasteiger partial charge in [0, 0.05) is 24.3 Å². The summed E-state index contributed by atoms with van der Waals surface area (Å²) in [5.74, 6) is 1.78. The highest BCUT2D eigenvalue weighted by molar-refractivity contribution is 9.10. The van der Waals surface area contributed by atoms with Crippen LogP contribution < -0.4 is 10.6 Å². The fraction of sp³-hybridized carbons (Fsp3) is 0.615. The van der Waals surface area contributed by atoms with Gasteiger partial charge in [-0.3, -0.25) is 0 Å². The standard InChI is InChI=1S/C13H20BrN3/c1-15-12-7-11(14)9-17-13(12)16-8-10-5-3-2-4-6-10/h7,9-10,15H,2-6,8H2,1H3,(H,16,17). The van der Waals surface area contributed by atoms with Crippen molar-refractivity contribution in [2.45, 2.75) is 32.1 Å². The smallest absolute Gasteiger partial charge is 0.149 e. The van der Waals surface area contributed by atoms with Crippen molar-refractivity contribution in [3.05, 3.63) is 16.7 Å².